The maximum Gasteiger partial charge on any atom is 0.191 e. The first kappa shape index (κ1) is 16.0. The van der Waals surface area contributed by atoms with Crippen LogP contribution in [0.2, 0.25) is 5.15 Å². The third kappa shape index (κ3) is 12.5. The van der Waals surface area contributed by atoms with Gasteiger partial charge >= 0.3 is 0 Å². The van der Waals surface area contributed by atoms with Crippen LogP contribution in [-0.2, 0) is 37.5 Å². The van der Waals surface area contributed by atoms with Crippen LogP contribution in [0, 0.1) is 6.92 Å². The summed E-state index contributed by atoms with van der Waals surface area (Å²) in [5.74, 6) is 0. The van der Waals surface area contributed by atoms with E-state index in [1.54, 1.807) is 12.3 Å². The molecule has 0 bridgehead atoms. The molecule has 0 atom stereocenters. The summed E-state index contributed by atoms with van der Waals surface area (Å²) in [7, 11) is 0. The van der Waals surface area contributed by atoms with Gasteiger partial charge in [0.2, 0.25) is 0 Å². The smallest absolute Gasteiger partial charge is 0.191 e. The van der Waals surface area contributed by atoms with Crippen molar-refractivity contribution >= 4 is 28.4 Å². The Morgan fingerprint density at radius 1 is 1.54 bits per heavy atom. The van der Waals surface area contributed by atoms with Gasteiger partial charge in [0.1, 0.15) is 5.15 Å². The van der Waals surface area contributed by atoms with Crippen molar-refractivity contribution in [3.63, 3.8) is 0 Å². The van der Waals surface area contributed by atoms with E-state index in [-0.39, 0.29) is 44.4 Å². The van der Waals surface area contributed by atoms with Gasteiger partial charge < -0.3 is 6.92 Å². The monoisotopic (exact) mass is 293 g/mol. The molecule has 0 fully saturated rings. The molecule has 0 N–H and O–H groups in total. The average molecular weight is 294 g/mol. The summed E-state index contributed by atoms with van der Waals surface area (Å²) in [6.45, 7) is 3.20. The standard InChI is InChI=1S/C5H4ClN.C3H4ClO.Y/c6-5-3-1-2-4-7-5;1-2-3(4)5;/h1-4H;1-2H2;/q;-1;. The molecule has 0 unspecified atom stereocenters. The topological polar surface area (TPSA) is 30.0 Å². The third-order valence-electron chi connectivity index (χ3n) is 0.825. The number of pyridine rings is 1. The summed E-state index contributed by atoms with van der Waals surface area (Å²) >= 11 is 10.2. The maximum absolute atomic E-state index is 9.52. The second-order valence-corrected chi connectivity index (χ2v) is 2.57. The van der Waals surface area contributed by atoms with Crippen LogP contribution in [0.4, 0.5) is 0 Å². The van der Waals surface area contributed by atoms with Crippen LogP contribution in [0.1, 0.15) is 6.42 Å². The minimum Gasteiger partial charge on any atom is -0.335 e. The van der Waals surface area contributed by atoms with Crippen LogP contribution in [0.25, 0.3) is 0 Å². The number of rotatable bonds is 1. The average Bonchev–Trinajstić information content (AvgIpc) is 2.07. The van der Waals surface area contributed by atoms with Gasteiger partial charge in [-0.05, 0) is 23.7 Å². The van der Waals surface area contributed by atoms with Crippen LogP contribution in [0.5, 0.6) is 0 Å². The second kappa shape index (κ2) is 10.6. The summed E-state index contributed by atoms with van der Waals surface area (Å²) in [4.78, 5) is 13.3. The van der Waals surface area contributed by atoms with Gasteiger partial charge in [0.05, 0.1) is 0 Å². The van der Waals surface area contributed by atoms with Crippen LogP contribution < -0.4 is 0 Å². The normalized spacial score (nSPS) is 7.62. The predicted octanol–water partition coefficient (Wildman–Crippen LogP) is 2.71. The maximum atomic E-state index is 9.52. The number of carbonyl (C=O) groups excluding carboxylic acids is 1. The SMILES string of the molecule is Clc1ccccn1.[CH2-]CC(=O)Cl.[Y]. The van der Waals surface area contributed by atoms with E-state index in [9.17, 15) is 4.79 Å². The molecule has 13 heavy (non-hydrogen) atoms. The van der Waals surface area contributed by atoms with Gasteiger partial charge in [-0.15, -0.1) is 6.42 Å². The predicted molar refractivity (Wildman–Crippen MR) is 50.1 cm³/mol. The zero-order chi connectivity index (χ0) is 9.40. The van der Waals surface area contributed by atoms with Crippen molar-refractivity contribution in [1.29, 1.82) is 0 Å². The van der Waals surface area contributed by atoms with E-state index in [1.165, 1.54) is 0 Å². The Hall–Kier alpha value is 0.504. The van der Waals surface area contributed by atoms with E-state index in [0.717, 1.165) is 0 Å². The molecule has 1 aromatic heterocycles. The largest absolute Gasteiger partial charge is 0.335 e. The molecule has 1 heterocycles. The van der Waals surface area contributed by atoms with E-state index in [4.69, 9.17) is 23.2 Å². The molecule has 0 saturated carbocycles. The number of hydrogen-bond donors (Lipinski definition) is 0. The van der Waals surface area contributed by atoms with Crippen molar-refractivity contribution in [2.75, 3.05) is 0 Å². The first-order chi connectivity index (χ1) is 5.66. The van der Waals surface area contributed by atoms with Gasteiger partial charge in [0, 0.05) is 38.9 Å². The molecular weight excluding hydrogens is 286 g/mol. The Balaban J connectivity index is 0. The number of aromatic nitrogens is 1. The van der Waals surface area contributed by atoms with Gasteiger partial charge in [-0.3, -0.25) is 4.79 Å². The van der Waals surface area contributed by atoms with Crippen LogP contribution >= 0.6 is 23.2 Å². The number of halogens is 2. The molecule has 0 aromatic carbocycles. The van der Waals surface area contributed by atoms with E-state index in [2.05, 4.69) is 11.9 Å². The quantitative estimate of drug-likeness (QED) is 0.453. The molecule has 1 rings (SSSR count). The van der Waals surface area contributed by atoms with E-state index in [0.29, 0.717) is 5.15 Å². The Labute approximate surface area is 113 Å². The van der Waals surface area contributed by atoms with Gasteiger partial charge in [-0.2, -0.15) is 0 Å². The summed E-state index contributed by atoms with van der Waals surface area (Å²) < 4.78 is 0. The van der Waals surface area contributed by atoms with Gasteiger partial charge in [-0.25, -0.2) is 4.98 Å². The van der Waals surface area contributed by atoms with Gasteiger partial charge in [0.15, 0.2) is 5.24 Å². The molecule has 0 spiro atoms. The Morgan fingerprint density at radius 3 is 2.23 bits per heavy atom. The number of nitrogens with zero attached hydrogens (tertiary/aromatic N) is 1. The molecule has 0 amide bonds. The Kier molecular flexibility index (Phi) is 13.0. The zero-order valence-electron chi connectivity index (χ0n) is 6.91. The van der Waals surface area contributed by atoms with Crippen molar-refractivity contribution in [3.05, 3.63) is 36.5 Å². The summed E-state index contributed by atoms with van der Waals surface area (Å²) in [5.41, 5.74) is 0. The van der Waals surface area contributed by atoms with E-state index >= 15 is 0 Å². The fraction of sp³-hybridized carbons (Fsp3) is 0.125. The number of hydrogen-bond acceptors (Lipinski definition) is 2. The van der Waals surface area contributed by atoms with Crippen LogP contribution in [0.15, 0.2) is 24.4 Å². The first-order valence-corrected chi connectivity index (χ1v) is 3.96. The van der Waals surface area contributed by atoms with Gasteiger partial charge in [0.25, 0.3) is 0 Å². The number of carbonyl (C=O) groups is 1. The molecule has 0 aliphatic rings. The molecule has 5 heteroatoms. The minimum absolute atomic E-state index is 0. The Bertz CT molecular complexity index is 231. The van der Waals surface area contributed by atoms with Crippen molar-refractivity contribution in [3.8, 4) is 0 Å². The fourth-order valence-electron chi connectivity index (χ4n) is 0.342. The van der Waals surface area contributed by atoms with Crippen LogP contribution in [-0.4, -0.2) is 10.2 Å². The molecule has 2 nitrogen and oxygen atoms in total. The summed E-state index contributed by atoms with van der Waals surface area (Å²) in [6.07, 6.45) is 1.84. The Morgan fingerprint density at radius 2 is 2.08 bits per heavy atom. The first-order valence-electron chi connectivity index (χ1n) is 3.21. The molecule has 0 aliphatic carbocycles. The molecule has 1 radical (unpaired) electrons. The van der Waals surface area contributed by atoms with Crippen molar-refractivity contribution in [2.24, 2.45) is 0 Å². The third-order valence-corrected chi connectivity index (χ3v) is 1.24. The zero-order valence-corrected chi connectivity index (χ0v) is 11.3. The van der Waals surface area contributed by atoms with E-state index in [1.807, 2.05) is 12.1 Å². The molecule has 1 aromatic rings. The van der Waals surface area contributed by atoms with Gasteiger partial charge in [-0.1, -0.05) is 17.7 Å². The molecule has 0 saturated heterocycles. The minimum atomic E-state index is -0.384. The van der Waals surface area contributed by atoms with Crippen LogP contribution in [0.3, 0.4) is 0 Å². The molecule has 0 aliphatic heterocycles. The summed E-state index contributed by atoms with van der Waals surface area (Å²) in [6, 6.07) is 5.41. The van der Waals surface area contributed by atoms with Crippen molar-refractivity contribution in [2.45, 2.75) is 6.42 Å². The fourth-order valence-corrected chi connectivity index (χ4v) is 0.471. The molecular formula is C8H8Cl2NOY-. The van der Waals surface area contributed by atoms with Crippen molar-refractivity contribution < 1.29 is 37.5 Å². The van der Waals surface area contributed by atoms with E-state index < -0.39 is 0 Å². The van der Waals surface area contributed by atoms with Crippen molar-refractivity contribution in [1.82, 2.24) is 4.98 Å². The molecule has 69 valence electrons. The second-order valence-electron chi connectivity index (χ2n) is 1.76. The summed E-state index contributed by atoms with van der Waals surface area (Å²) in [5, 5.41) is 0.160.